The van der Waals surface area contributed by atoms with Gasteiger partial charge >= 0.3 is 6.09 Å². The SMILES string of the molecule is COC(=O)Nc1cc(Br)ccc1F. The van der Waals surface area contributed by atoms with E-state index in [0.717, 1.165) is 0 Å². The summed E-state index contributed by atoms with van der Waals surface area (Å²) in [5.41, 5.74) is 0.0845. The van der Waals surface area contributed by atoms with Gasteiger partial charge in [-0.3, -0.25) is 5.32 Å². The molecule has 5 heteroatoms. The second-order valence-corrected chi connectivity index (χ2v) is 3.16. The van der Waals surface area contributed by atoms with Gasteiger partial charge in [0.2, 0.25) is 0 Å². The second kappa shape index (κ2) is 4.23. The summed E-state index contributed by atoms with van der Waals surface area (Å²) < 4.78 is 18.0. The van der Waals surface area contributed by atoms with E-state index in [-0.39, 0.29) is 5.69 Å². The van der Waals surface area contributed by atoms with Crippen molar-refractivity contribution >= 4 is 27.7 Å². The van der Waals surface area contributed by atoms with Gasteiger partial charge < -0.3 is 4.74 Å². The maximum Gasteiger partial charge on any atom is 0.411 e. The molecule has 0 saturated carbocycles. The number of hydrogen-bond acceptors (Lipinski definition) is 2. The molecule has 0 aliphatic rings. The Morgan fingerprint density at radius 3 is 2.92 bits per heavy atom. The fourth-order valence-corrected chi connectivity index (χ4v) is 1.12. The zero-order chi connectivity index (χ0) is 9.84. The Hall–Kier alpha value is -1.10. The van der Waals surface area contributed by atoms with Gasteiger partial charge in [0.15, 0.2) is 0 Å². The van der Waals surface area contributed by atoms with Crippen molar-refractivity contribution in [2.24, 2.45) is 0 Å². The molecule has 0 aromatic heterocycles. The number of rotatable bonds is 1. The molecule has 0 bridgehead atoms. The number of amides is 1. The van der Waals surface area contributed by atoms with Crippen molar-refractivity contribution in [1.29, 1.82) is 0 Å². The van der Waals surface area contributed by atoms with Crippen LogP contribution >= 0.6 is 15.9 Å². The largest absolute Gasteiger partial charge is 0.453 e. The molecule has 0 unspecified atom stereocenters. The monoisotopic (exact) mass is 247 g/mol. The van der Waals surface area contributed by atoms with E-state index in [0.29, 0.717) is 4.47 Å². The van der Waals surface area contributed by atoms with Crippen molar-refractivity contribution in [1.82, 2.24) is 0 Å². The Balaban J connectivity index is 2.87. The maximum absolute atomic E-state index is 13.0. The molecule has 0 saturated heterocycles. The van der Waals surface area contributed by atoms with E-state index in [4.69, 9.17) is 0 Å². The standard InChI is InChI=1S/C8H7BrFNO2/c1-13-8(12)11-7-4-5(9)2-3-6(7)10/h2-4H,1H3,(H,11,12). The first-order valence-electron chi connectivity index (χ1n) is 3.43. The number of anilines is 1. The van der Waals surface area contributed by atoms with Crippen LogP contribution in [0.3, 0.4) is 0 Å². The zero-order valence-corrected chi connectivity index (χ0v) is 8.39. The zero-order valence-electron chi connectivity index (χ0n) is 6.80. The molecule has 13 heavy (non-hydrogen) atoms. The minimum absolute atomic E-state index is 0.0845. The molecule has 0 heterocycles. The summed E-state index contributed by atoms with van der Waals surface area (Å²) in [6.45, 7) is 0. The van der Waals surface area contributed by atoms with Crippen molar-refractivity contribution < 1.29 is 13.9 Å². The topological polar surface area (TPSA) is 38.3 Å². The molecule has 70 valence electrons. The number of carbonyl (C=O) groups excluding carboxylic acids is 1. The molecule has 3 nitrogen and oxygen atoms in total. The molecule has 1 aromatic carbocycles. The number of nitrogens with one attached hydrogen (secondary N) is 1. The molecule has 1 amide bonds. The van der Waals surface area contributed by atoms with Gasteiger partial charge in [-0.15, -0.1) is 0 Å². The Kier molecular flexibility index (Phi) is 3.25. The summed E-state index contributed by atoms with van der Waals surface area (Å²) in [5, 5.41) is 2.23. The summed E-state index contributed by atoms with van der Waals surface area (Å²) in [5.74, 6) is -0.506. The van der Waals surface area contributed by atoms with E-state index in [2.05, 4.69) is 26.0 Å². The molecule has 0 aliphatic heterocycles. The molecule has 0 fully saturated rings. The highest BCUT2D eigenvalue weighted by Crippen LogP contribution is 2.19. The van der Waals surface area contributed by atoms with Gasteiger partial charge in [-0.1, -0.05) is 15.9 Å². The molecule has 0 spiro atoms. The van der Waals surface area contributed by atoms with E-state index >= 15 is 0 Å². The Morgan fingerprint density at radius 2 is 2.31 bits per heavy atom. The third kappa shape index (κ3) is 2.69. The lowest BCUT2D eigenvalue weighted by atomic mass is 10.3. The number of methoxy groups -OCH3 is 1. The fourth-order valence-electron chi connectivity index (χ4n) is 0.754. The molecular weight excluding hydrogens is 241 g/mol. The lowest BCUT2D eigenvalue weighted by molar-refractivity contribution is 0.187. The smallest absolute Gasteiger partial charge is 0.411 e. The van der Waals surface area contributed by atoms with Crippen LogP contribution in [0.2, 0.25) is 0 Å². The van der Waals surface area contributed by atoms with E-state index in [9.17, 15) is 9.18 Å². The first-order chi connectivity index (χ1) is 6.13. The molecule has 0 aliphatic carbocycles. The first kappa shape index (κ1) is 9.98. The Bertz CT molecular complexity index is 330. The van der Waals surface area contributed by atoms with Gasteiger partial charge in [-0.25, -0.2) is 9.18 Å². The lowest BCUT2D eigenvalue weighted by Crippen LogP contribution is -2.12. The van der Waals surface area contributed by atoms with Crippen molar-refractivity contribution in [3.8, 4) is 0 Å². The van der Waals surface area contributed by atoms with Crippen LogP contribution in [0.15, 0.2) is 22.7 Å². The average Bonchev–Trinajstić information content (AvgIpc) is 2.11. The number of hydrogen-bond donors (Lipinski definition) is 1. The average molecular weight is 248 g/mol. The van der Waals surface area contributed by atoms with Crippen LogP contribution in [-0.4, -0.2) is 13.2 Å². The Labute approximate surface area is 83.0 Å². The highest BCUT2D eigenvalue weighted by Gasteiger charge is 2.06. The van der Waals surface area contributed by atoms with E-state index in [1.54, 1.807) is 0 Å². The fraction of sp³-hybridized carbons (Fsp3) is 0.125. The van der Waals surface area contributed by atoms with Crippen LogP contribution in [0.1, 0.15) is 0 Å². The molecule has 0 atom stereocenters. The lowest BCUT2D eigenvalue weighted by Gasteiger charge is -2.04. The normalized spacial score (nSPS) is 9.46. The molecule has 1 rings (SSSR count). The van der Waals surface area contributed by atoms with Gasteiger partial charge in [0.1, 0.15) is 5.82 Å². The molecule has 1 N–H and O–H groups in total. The number of benzene rings is 1. The Morgan fingerprint density at radius 1 is 1.62 bits per heavy atom. The van der Waals surface area contributed by atoms with E-state index < -0.39 is 11.9 Å². The van der Waals surface area contributed by atoms with Crippen molar-refractivity contribution in [3.05, 3.63) is 28.5 Å². The van der Waals surface area contributed by atoms with Crippen molar-refractivity contribution in [2.75, 3.05) is 12.4 Å². The summed E-state index contributed by atoms with van der Waals surface area (Å²) in [4.78, 5) is 10.7. The number of ether oxygens (including phenoxy) is 1. The third-order valence-corrected chi connectivity index (χ3v) is 1.84. The van der Waals surface area contributed by atoms with E-state index in [1.807, 2.05) is 0 Å². The summed E-state index contributed by atoms with van der Waals surface area (Å²) >= 11 is 3.15. The van der Waals surface area contributed by atoms with Gasteiger partial charge in [-0.05, 0) is 18.2 Å². The summed E-state index contributed by atoms with van der Waals surface area (Å²) in [6.07, 6.45) is -0.697. The van der Waals surface area contributed by atoms with E-state index in [1.165, 1.54) is 25.3 Å². The van der Waals surface area contributed by atoms with Gasteiger partial charge in [0.05, 0.1) is 12.8 Å². The van der Waals surface area contributed by atoms with Gasteiger partial charge in [0.25, 0.3) is 0 Å². The quantitative estimate of drug-likeness (QED) is 0.829. The van der Waals surface area contributed by atoms with Crippen LogP contribution in [-0.2, 0) is 4.74 Å². The minimum Gasteiger partial charge on any atom is -0.453 e. The predicted octanol–water partition coefficient (Wildman–Crippen LogP) is 2.77. The number of carbonyl (C=O) groups is 1. The number of halogens is 2. The summed E-state index contributed by atoms with van der Waals surface area (Å²) in [7, 11) is 1.21. The third-order valence-electron chi connectivity index (χ3n) is 1.35. The van der Waals surface area contributed by atoms with Gasteiger partial charge in [-0.2, -0.15) is 0 Å². The maximum atomic E-state index is 13.0. The predicted molar refractivity (Wildman–Crippen MR) is 50.1 cm³/mol. The molecular formula is C8H7BrFNO2. The molecule has 0 radical (unpaired) electrons. The van der Waals surface area contributed by atoms with Crippen molar-refractivity contribution in [3.63, 3.8) is 0 Å². The van der Waals surface area contributed by atoms with Crippen LogP contribution in [0.25, 0.3) is 0 Å². The second-order valence-electron chi connectivity index (χ2n) is 2.24. The minimum atomic E-state index is -0.697. The van der Waals surface area contributed by atoms with Crippen LogP contribution in [0.4, 0.5) is 14.9 Å². The van der Waals surface area contributed by atoms with Crippen LogP contribution < -0.4 is 5.32 Å². The van der Waals surface area contributed by atoms with Crippen molar-refractivity contribution in [2.45, 2.75) is 0 Å². The molecule has 1 aromatic rings. The highest BCUT2D eigenvalue weighted by molar-refractivity contribution is 9.10. The van der Waals surface area contributed by atoms with Crippen LogP contribution in [0.5, 0.6) is 0 Å². The highest BCUT2D eigenvalue weighted by atomic mass is 79.9. The van der Waals surface area contributed by atoms with Gasteiger partial charge in [0, 0.05) is 4.47 Å². The summed E-state index contributed by atoms with van der Waals surface area (Å²) in [6, 6.07) is 4.24. The first-order valence-corrected chi connectivity index (χ1v) is 4.23. The van der Waals surface area contributed by atoms with Crippen LogP contribution in [0, 0.1) is 5.82 Å².